The zero-order valence-electron chi connectivity index (χ0n) is 7.60. The van der Waals surface area contributed by atoms with Crippen molar-refractivity contribution in [1.29, 1.82) is 0 Å². The number of aryl methyl sites for hydroxylation is 1. The number of rotatable bonds is 1. The zero-order valence-corrected chi connectivity index (χ0v) is 7.60. The number of nitrogen functional groups attached to an aromatic ring is 1. The fourth-order valence-electron chi connectivity index (χ4n) is 1.14. The van der Waals surface area contributed by atoms with Crippen molar-refractivity contribution >= 4 is 5.82 Å². The maximum Gasteiger partial charge on any atom is 0.356 e. The molecule has 5 heteroatoms. The summed E-state index contributed by atoms with van der Waals surface area (Å²) in [5.74, 6) is 1.39. The summed E-state index contributed by atoms with van der Waals surface area (Å²) >= 11 is 0. The summed E-state index contributed by atoms with van der Waals surface area (Å²) < 4.78 is 6.57. The standard InChI is InChI=1S/C9H9N3O2/c1-6-2-3-8(14-6)12-5-4-7(10)11-9(12)13/h2-5H,1H3,(H2,10,11,13). The first-order valence-corrected chi connectivity index (χ1v) is 4.09. The van der Waals surface area contributed by atoms with Crippen LogP contribution in [0.1, 0.15) is 5.76 Å². The zero-order chi connectivity index (χ0) is 10.1. The van der Waals surface area contributed by atoms with Crippen molar-refractivity contribution < 1.29 is 4.42 Å². The van der Waals surface area contributed by atoms with Gasteiger partial charge in [-0.2, -0.15) is 4.98 Å². The van der Waals surface area contributed by atoms with E-state index in [9.17, 15) is 4.79 Å². The fourth-order valence-corrected chi connectivity index (χ4v) is 1.14. The molecule has 0 spiro atoms. The van der Waals surface area contributed by atoms with Crippen LogP contribution in [0.3, 0.4) is 0 Å². The van der Waals surface area contributed by atoms with Crippen LogP contribution in [0.2, 0.25) is 0 Å². The highest BCUT2D eigenvalue weighted by molar-refractivity contribution is 5.28. The van der Waals surface area contributed by atoms with Crippen molar-refractivity contribution in [3.05, 3.63) is 40.6 Å². The van der Waals surface area contributed by atoms with E-state index in [2.05, 4.69) is 4.98 Å². The largest absolute Gasteiger partial charge is 0.445 e. The van der Waals surface area contributed by atoms with Crippen LogP contribution in [0.4, 0.5) is 5.82 Å². The van der Waals surface area contributed by atoms with E-state index in [1.54, 1.807) is 25.1 Å². The highest BCUT2D eigenvalue weighted by atomic mass is 16.4. The summed E-state index contributed by atoms with van der Waals surface area (Å²) in [5, 5.41) is 0. The van der Waals surface area contributed by atoms with E-state index in [0.29, 0.717) is 5.88 Å². The molecule has 0 aliphatic rings. The molecule has 14 heavy (non-hydrogen) atoms. The minimum Gasteiger partial charge on any atom is -0.445 e. The van der Waals surface area contributed by atoms with Gasteiger partial charge in [-0.3, -0.25) is 0 Å². The third-order valence-electron chi connectivity index (χ3n) is 1.79. The molecule has 2 aromatic heterocycles. The molecule has 72 valence electrons. The van der Waals surface area contributed by atoms with Crippen LogP contribution in [0.5, 0.6) is 0 Å². The van der Waals surface area contributed by atoms with Crippen molar-refractivity contribution in [3.8, 4) is 5.88 Å². The summed E-state index contributed by atoms with van der Waals surface area (Å²) in [4.78, 5) is 14.9. The van der Waals surface area contributed by atoms with E-state index < -0.39 is 5.69 Å². The number of hydrogen-bond donors (Lipinski definition) is 1. The molecule has 0 aromatic carbocycles. The highest BCUT2D eigenvalue weighted by Gasteiger charge is 2.03. The maximum atomic E-state index is 11.4. The van der Waals surface area contributed by atoms with Gasteiger partial charge < -0.3 is 10.2 Å². The maximum absolute atomic E-state index is 11.4. The van der Waals surface area contributed by atoms with Crippen molar-refractivity contribution in [1.82, 2.24) is 9.55 Å². The van der Waals surface area contributed by atoms with Gasteiger partial charge in [-0.15, -0.1) is 0 Å². The Morgan fingerprint density at radius 1 is 1.43 bits per heavy atom. The first-order valence-electron chi connectivity index (χ1n) is 4.09. The van der Waals surface area contributed by atoms with Crippen LogP contribution in [0.25, 0.3) is 5.88 Å². The number of furan rings is 1. The lowest BCUT2D eigenvalue weighted by Gasteiger charge is -1.99. The van der Waals surface area contributed by atoms with Crippen molar-refractivity contribution in [2.45, 2.75) is 6.92 Å². The molecule has 0 bridgehead atoms. The average Bonchev–Trinajstić information content (AvgIpc) is 2.51. The average molecular weight is 191 g/mol. The predicted octanol–water partition coefficient (Wildman–Crippen LogP) is 0.716. The van der Waals surface area contributed by atoms with Gasteiger partial charge in [0.05, 0.1) is 0 Å². The van der Waals surface area contributed by atoms with Gasteiger partial charge in [0.1, 0.15) is 11.6 Å². The first kappa shape index (κ1) is 8.55. The molecule has 0 aliphatic heterocycles. The molecule has 0 saturated heterocycles. The molecule has 2 N–H and O–H groups in total. The van der Waals surface area contributed by atoms with Crippen LogP contribution in [0, 0.1) is 6.92 Å². The van der Waals surface area contributed by atoms with Crippen LogP contribution in [0.15, 0.2) is 33.6 Å². The second-order valence-corrected chi connectivity index (χ2v) is 2.89. The molecule has 0 amide bonds. The summed E-state index contributed by atoms with van der Waals surface area (Å²) in [6.45, 7) is 1.80. The molecule has 2 aromatic rings. The van der Waals surface area contributed by atoms with Crippen LogP contribution in [-0.4, -0.2) is 9.55 Å². The summed E-state index contributed by atoms with van der Waals surface area (Å²) in [6.07, 6.45) is 1.53. The third kappa shape index (κ3) is 1.39. The lowest BCUT2D eigenvalue weighted by molar-refractivity contribution is 0.504. The lowest BCUT2D eigenvalue weighted by Crippen LogP contribution is -2.21. The Morgan fingerprint density at radius 2 is 2.21 bits per heavy atom. The Labute approximate surface area is 79.8 Å². The first-order chi connectivity index (χ1) is 6.66. The van der Waals surface area contributed by atoms with E-state index in [0.717, 1.165) is 5.76 Å². The molecule has 2 rings (SSSR count). The second-order valence-electron chi connectivity index (χ2n) is 2.89. The van der Waals surface area contributed by atoms with Crippen molar-refractivity contribution in [3.63, 3.8) is 0 Å². The third-order valence-corrected chi connectivity index (χ3v) is 1.79. The molecule has 0 saturated carbocycles. The Bertz CT molecular complexity index is 513. The molecule has 0 aliphatic carbocycles. The molecule has 0 atom stereocenters. The Morgan fingerprint density at radius 3 is 2.79 bits per heavy atom. The number of anilines is 1. The number of hydrogen-bond acceptors (Lipinski definition) is 4. The summed E-state index contributed by atoms with van der Waals surface area (Å²) in [6, 6.07) is 5.02. The van der Waals surface area contributed by atoms with Gasteiger partial charge in [-0.25, -0.2) is 9.36 Å². The van der Waals surface area contributed by atoms with E-state index in [4.69, 9.17) is 10.2 Å². The number of nitrogens with zero attached hydrogens (tertiary/aromatic N) is 2. The minimum atomic E-state index is -0.445. The predicted molar refractivity (Wildman–Crippen MR) is 51.2 cm³/mol. The van der Waals surface area contributed by atoms with Crippen LogP contribution >= 0.6 is 0 Å². The number of aromatic nitrogens is 2. The van der Waals surface area contributed by atoms with Gasteiger partial charge in [0, 0.05) is 12.3 Å². The van der Waals surface area contributed by atoms with Crippen LogP contribution < -0.4 is 11.4 Å². The van der Waals surface area contributed by atoms with Gasteiger partial charge in [0.2, 0.25) is 5.88 Å². The monoisotopic (exact) mass is 191 g/mol. The van der Waals surface area contributed by atoms with Gasteiger partial charge in [-0.05, 0) is 19.1 Å². The van der Waals surface area contributed by atoms with Crippen LogP contribution in [-0.2, 0) is 0 Å². The van der Waals surface area contributed by atoms with Gasteiger partial charge in [-0.1, -0.05) is 0 Å². The van der Waals surface area contributed by atoms with Crippen molar-refractivity contribution in [2.75, 3.05) is 5.73 Å². The molecule has 0 radical (unpaired) electrons. The second kappa shape index (κ2) is 3.02. The molecule has 2 heterocycles. The molecule has 0 fully saturated rings. The smallest absolute Gasteiger partial charge is 0.356 e. The number of nitrogens with two attached hydrogens (primary N) is 1. The van der Waals surface area contributed by atoms with Gasteiger partial charge in [0.15, 0.2) is 0 Å². The molecule has 5 nitrogen and oxygen atoms in total. The fraction of sp³-hybridized carbons (Fsp3) is 0.111. The van der Waals surface area contributed by atoms with E-state index in [1.807, 2.05) is 0 Å². The summed E-state index contributed by atoms with van der Waals surface area (Å²) in [7, 11) is 0. The topological polar surface area (TPSA) is 74.1 Å². The Hall–Kier alpha value is -2.04. The Kier molecular flexibility index (Phi) is 1.85. The molecular formula is C9H9N3O2. The summed E-state index contributed by atoms with van der Waals surface area (Å²) in [5.41, 5.74) is 4.91. The van der Waals surface area contributed by atoms with Gasteiger partial charge in [0.25, 0.3) is 0 Å². The SMILES string of the molecule is Cc1ccc(-n2ccc(N)nc2=O)o1. The minimum absolute atomic E-state index is 0.203. The Balaban J connectivity index is 2.57. The van der Waals surface area contributed by atoms with E-state index in [-0.39, 0.29) is 5.82 Å². The van der Waals surface area contributed by atoms with Crippen molar-refractivity contribution in [2.24, 2.45) is 0 Å². The molecule has 0 unspecified atom stereocenters. The van der Waals surface area contributed by atoms with Gasteiger partial charge >= 0.3 is 5.69 Å². The quantitative estimate of drug-likeness (QED) is 0.720. The van der Waals surface area contributed by atoms with E-state index >= 15 is 0 Å². The molecular weight excluding hydrogens is 182 g/mol. The highest BCUT2D eigenvalue weighted by Crippen LogP contribution is 2.09. The van der Waals surface area contributed by atoms with E-state index in [1.165, 1.54) is 10.8 Å². The normalized spacial score (nSPS) is 10.4. The lowest BCUT2D eigenvalue weighted by atomic mass is 10.5.